The molecule has 0 bridgehead atoms. The molecule has 1 N–H and O–H groups in total. The average Bonchev–Trinajstić information content (AvgIpc) is 2.19. The summed E-state index contributed by atoms with van der Waals surface area (Å²) >= 11 is 0. The van der Waals surface area contributed by atoms with Gasteiger partial charge in [0, 0.05) is 18.7 Å². The van der Waals surface area contributed by atoms with E-state index >= 15 is 0 Å². The minimum absolute atomic E-state index is 0. The van der Waals surface area contributed by atoms with Crippen LogP contribution in [0.1, 0.15) is 5.56 Å². The minimum Gasteiger partial charge on any atom is -0.481 e. The number of rotatable bonds is 5. The van der Waals surface area contributed by atoms with Crippen LogP contribution in [-0.2, 0) is 6.54 Å². The van der Waals surface area contributed by atoms with E-state index in [1.54, 1.807) is 0 Å². The highest BCUT2D eigenvalue weighted by Gasteiger charge is 2.05. The summed E-state index contributed by atoms with van der Waals surface area (Å²) in [4.78, 5) is 3.74. The van der Waals surface area contributed by atoms with E-state index in [-0.39, 0.29) is 19.0 Å². The highest BCUT2D eigenvalue weighted by Crippen LogP contribution is 2.14. The van der Waals surface area contributed by atoms with Crippen LogP contribution in [0.2, 0.25) is 0 Å². The van der Waals surface area contributed by atoms with Crippen LogP contribution < -0.4 is 10.1 Å². The van der Waals surface area contributed by atoms with Gasteiger partial charge in [0.05, 0.1) is 13.3 Å². The van der Waals surface area contributed by atoms with E-state index in [0.29, 0.717) is 18.0 Å². The molecule has 86 valence electrons. The first kappa shape index (κ1) is 14.1. The number of pyridine rings is 1. The van der Waals surface area contributed by atoms with Crippen molar-refractivity contribution in [1.82, 2.24) is 10.3 Å². The van der Waals surface area contributed by atoms with Crippen molar-refractivity contribution in [3.8, 4) is 5.88 Å². The lowest BCUT2D eigenvalue weighted by atomic mass is 10.2. The molecule has 0 aliphatic rings. The van der Waals surface area contributed by atoms with Gasteiger partial charge in [0.2, 0.25) is 5.88 Å². The Kier molecular flexibility index (Phi) is 6.90. The quantitative estimate of drug-likeness (QED) is 0.793. The summed E-state index contributed by atoms with van der Waals surface area (Å²) in [5, 5.41) is 2.79. The maximum absolute atomic E-state index is 12.8. The SMILES string of the molecule is COc1ncc(F)cc1CNCCF.Cl. The van der Waals surface area contributed by atoms with Crippen molar-refractivity contribution in [2.75, 3.05) is 20.3 Å². The number of nitrogens with zero attached hydrogens (tertiary/aromatic N) is 1. The van der Waals surface area contributed by atoms with Gasteiger partial charge in [0.1, 0.15) is 12.5 Å². The normalized spacial score (nSPS) is 9.53. The Morgan fingerprint density at radius 1 is 1.53 bits per heavy atom. The van der Waals surface area contributed by atoms with Gasteiger partial charge in [-0.1, -0.05) is 0 Å². The molecule has 0 amide bonds. The Labute approximate surface area is 93.3 Å². The van der Waals surface area contributed by atoms with Crippen LogP contribution in [0.5, 0.6) is 5.88 Å². The lowest BCUT2D eigenvalue weighted by Crippen LogP contribution is -2.17. The summed E-state index contributed by atoms with van der Waals surface area (Å²) in [6, 6.07) is 1.32. The molecule has 1 heterocycles. The van der Waals surface area contributed by atoms with Crippen LogP contribution in [0.25, 0.3) is 0 Å². The minimum atomic E-state index is -0.453. The van der Waals surface area contributed by atoms with E-state index in [9.17, 15) is 8.78 Å². The number of aromatic nitrogens is 1. The number of alkyl halides is 1. The Morgan fingerprint density at radius 2 is 2.27 bits per heavy atom. The van der Waals surface area contributed by atoms with Crippen molar-refractivity contribution in [1.29, 1.82) is 0 Å². The first-order valence-electron chi connectivity index (χ1n) is 4.23. The first-order chi connectivity index (χ1) is 6.77. The molecule has 0 saturated heterocycles. The summed E-state index contributed by atoms with van der Waals surface area (Å²) < 4.78 is 29.5. The molecule has 0 atom stereocenters. The number of hydrogen-bond acceptors (Lipinski definition) is 3. The number of methoxy groups -OCH3 is 1. The topological polar surface area (TPSA) is 34.1 Å². The monoisotopic (exact) mass is 238 g/mol. The second-order valence-corrected chi connectivity index (χ2v) is 2.69. The van der Waals surface area contributed by atoms with E-state index < -0.39 is 12.5 Å². The Hall–Kier alpha value is -0.940. The molecule has 0 aliphatic heterocycles. The summed E-state index contributed by atoms with van der Waals surface area (Å²) in [5.41, 5.74) is 0.584. The van der Waals surface area contributed by atoms with Gasteiger partial charge >= 0.3 is 0 Å². The van der Waals surface area contributed by atoms with Crippen LogP contribution in [0.4, 0.5) is 8.78 Å². The van der Waals surface area contributed by atoms with Gasteiger partial charge in [-0.05, 0) is 6.07 Å². The molecule has 1 aromatic rings. The van der Waals surface area contributed by atoms with Crippen LogP contribution >= 0.6 is 12.4 Å². The van der Waals surface area contributed by atoms with E-state index in [4.69, 9.17) is 4.74 Å². The number of halogens is 3. The van der Waals surface area contributed by atoms with Gasteiger partial charge in [0.25, 0.3) is 0 Å². The molecule has 15 heavy (non-hydrogen) atoms. The maximum Gasteiger partial charge on any atom is 0.217 e. The zero-order valence-electron chi connectivity index (χ0n) is 8.30. The molecule has 0 spiro atoms. The average molecular weight is 239 g/mol. The predicted octanol–water partition coefficient (Wildman–Crippen LogP) is 1.71. The highest BCUT2D eigenvalue weighted by molar-refractivity contribution is 5.85. The van der Waals surface area contributed by atoms with Crippen LogP contribution in [0.15, 0.2) is 12.3 Å². The second kappa shape index (κ2) is 7.36. The molecule has 0 unspecified atom stereocenters. The van der Waals surface area contributed by atoms with Gasteiger partial charge in [-0.2, -0.15) is 0 Å². The Balaban J connectivity index is 0.00000196. The molecule has 0 saturated carbocycles. The van der Waals surface area contributed by atoms with Gasteiger partial charge < -0.3 is 10.1 Å². The van der Waals surface area contributed by atoms with Gasteiger partial charge in [0.15, 0.2) is 0 Å². The molecular weight excluding hydrogens is 226 g/mol. The fourth-order valence-electron chi connectivity index (χ4n) is 1.07. The fraction of sp³-hybridized carbons (Fsp3) is 0.444. The maximum atomic E-state index is 12.8. The van der Waals surface area contributed by atoms with Crippen molar-refractivity contribution in [2.24, 2.45) is 0 Å². The third-order valence-electron chi connectivity index (χ3n) is 1.67. The first-order valence-corrected chi connectivity index (χ1v) is 4.23. The number of hydrogen-bond donors (Lipinski definition) is 1. The van der Waals surface area contributed by atoms with E-state index in [2.05, 4.69) is 10.3 Å². The van der Waals surface area contributed by atoms with Crippen LogP contribution in [0.3, 0.4) is 0 Å². The lowest BCUT2D eigenvalue weighted by molar-refractivity contribution is 0.386. The van der Waals surface area contributed by atoms with Crippen LogP contribution in [0, 0.1) is 5.82 Å². The van der Waals surface area contributed by atoms with Crippen molar-refractivity contribution in [2.45, 2.75) is 6.54 Å². The highest BCUT2D eigenvalue weighted by atomic mass is 35.5. The smallest absolute Gasteiger partial charge is 0.217 e. The zero-order chi connectivity index (χ0) is 10.4. The van der Waals surface area contributed by atoms with Crippen molar-refractivity contribution >= 4 is 12.4 Å². The number of ether oxygens (including phenoxy) is 1. The van der Waals surface area contributed by atoms with Crippen molar-refractivity contribution in [3.63, 3.8) is 0 Å². The van der Waals surface area contributed by atoms with E-state index in [1.807, 2.05) is 0 Å². The summed E-state index contributed by atoms with van der Waals surface area (Å²) in [6.07, 6.45) is 1.08. The molecule has 0 fully saturated rings. The third-order valence-corrected chi connectivity index (χ3v) is 1.67. The molecule has 3 nitrogen and oxygen atoms in total. The van der Waals surface area contributed by atoms with Crippen molar-refractivity contribution < 1.29 is 13.5 Å². The zero-order valence-corrected chi connectivity index (χ0v) is 9.11. The Bertz CT molecular complexity index is 299. The largest absolute Gasteiger partial charge is 0.481 e. The van der Waals surface area contributed by atoms with E-state index in [1.165, 1.54) is 13.2 Å². The number of nitrogens with one attached hydrogen (secondary N) is 1. The van der Waals surface area contributed by atoms with Crippen LogP contribution in [-0.4, -0.2) is 25.3 Å². The molecule has 0 aliphatic carbocycles. The standard InChI is InChI=1S/C9H12F2N2O.ClH/c1-14-9-7(5-12-3-2-10)4-8(11)6-13-9;/h4,6,12H,2-3,5H2,1H3;1H. The molecule has 1 aromatic heterocycles. The van der Waals surface area contributed by atoms with Gasteiger partial charge in [-0.25, -0.2) is 13.8 Å². The Morgan fingerprint density at radius 3 is 2.87 bits per heavy atom. The van der Waals surface area contributed by atoms with E-state index in [0.717, 1.165) is 6.20 Å². The van der Waals surface area contributed by atoms with Crippen molar-refractivity contribution in [3.05, 3.63) is 23.6 Å². The summed E-state index contributed by atoms with van der Waals surface area (Å²) in [5.74, 6) is -0.0689. The predicted molar refractivity (Wildman–Crippen MR) is 55.7 cm³/mol. The molecule has 1 rings (SSSR count). The molecular formula is C9H13ClF2N2O. The molecule has 0 aromatic carbocycles. The molecule has 6 heteroatoms. The lowest BCUT2D eigenvalue weighted by Gasteiger charge is -2.07. The third kappa shape index (κ3) is 4.40. The summed E-state index contributed by atoms with van der Waals surface area (Å²) in [7, 11) is 1.46. The van der Waals surface area contributed by atoms with Gasteiger partial charge in [-0.15, -0.1) is 12.4 Å². The second-order valence-electron chi connectivity index (χ2n) is 2.69. The summed E-state index contributed by atoms with van der Waals surface area (Å²) in [6.45, 7) is 0.128. The van der Waals surface area contributed by atoms with Gasteiger partial charge in [-0.3, -0.25) is 0 Å². The fourth-order valence-corrected chi connectivity index (χ4v) is 1.07. The molecule has 0 radical (unpaired) electrons.